The molecule has 0 saturated carbocycles. The fourth-order valence-electron chi connectivity index (χ4n) is 2.40. The molecule has 1 aromatic carbocycles. The normalized spacial score (nSPS) is 10.6. The van der Waals surface area contributed by atoms with Gasteiger partial charge in [0.05, 0.1) is 4.92 Å². The fraction of sp³-hybridized carbons (Fsp3) is 0.267. The summed E-state index contributed by atoms with van der Waals surface area (Å²) in [4.78, 5) is 21.5. The van der Waals surface area contributed by atoms with Crippen LogP contribution < -0.4 is 0 Å². The SMILES string of the molecule is Cc1c(Cn2c(C)cc(C=O)c2C)cccc1[N+](=O)[O-]. The minimum atomic E-state index is -0.370. The molecular formula is C15H16N2O3. The van der Waals surface area contributed by atoms with Crippen LogP contribution in [-0.4, -0.2) is 15.8 Å². The number of nitro benzene ring substituents is 1. The number of aldehydes is 1. The maximum Gasteiger partial charge on any atom is 0.272 e. The Morgan fingerprint density at radius 1 is 1.30 bits per heavy atom. The highest BCUT2D eigenvalue weighted by Crippen LogP contribution is 2.23. The molecule has 5 heteroatoms. The number of aromatic nitrogens is 1. The summed E-state index contributed by atoms with van der Waals surface area (Å²) >= 11 is 0. The second-order valence-electron chi connectivity index (χ2n) is 4.85. The number of carbonyl (C=O) groups excluding carboxylic acids is 1. The van der Waals surface area contributed by atoms with Gasteiger partial charge in [0.25, 0.3) is 5.69 Å². The average molecular weight is 272 g/mol. The maximum atomic E-state index is 11.0. The van der Waals surface area contributed by atoms with Gasteiger partial charge in [0.15, 0.2) is 6.29 Å². The highest BCUT2D eigenvalue weighted by Gasteiger charge is 2.15. The molecule has 1 aromatic heterocycles. The van der Waals surface area contributed by atoms with E-state index >= 15 is 0 Å². The molecule has 0 N–H and O–H groups in total. The van der Waals surface area contributed by atoms with Crippen molar-refractivity contribution in [2.24, 2.45) is 0 Å². The van der Waals surface area contributed by atoms with E-state index < -0.39 is 0 Å². The van der Waals surface area contributed by atoms with Gasteiger partial charge in [-0.05, 0) is 32.4 Å². The molecule has 2 rings (SSSR count). The third kappa shape index (κ3) is 2.34. The first-order valence-corrected chi connectivity index (χ1v) is 6.30. The van der Waals surface area contributed by atoms with E-state index in [9.17, 15) is 14.9 Å². The van der Waals surface area contributed by atoms with E-state index in [-0.39, 0.29) is 10.6 Å². The Kier molecular flexibility index (Phi) is 3.70. The molecule has 0 aliphatic heterocycles. The standard InChI is InChI=1S/C15H16N2O3/c1-10-7-14(9-18)12(3)16(10)8-13-5-4-6-15(11(13)2)17(19)20/h4-7,9H,8H2,1-3H3. The Morgan fingerprint density at radius 3 is 2.55 bits per heavy atom. The van der Waals surface area contributed by atoms with E-state index in [1.165, 1.54) is 6.07 Å². The summed E-state index contributed by atoms with van der Waals surface area (Å²) in [5, 5.41) is 11.0. The first-order chi connectivity index (χ1) is 9.45. The monoisotopic (exact) mass is 272 g/mol. The summed E-state index contributed by atoms with van der Waals surface area (Å²) in [6, 6.07) is 6.90. The molecule has 0 radical (unpaired) electrons. The van der Waals surface area contributed by atoms with E-state index in [0.717, 1.165) is 23.2 Å². The molecule has 0 aliphatic rings. The second-order valence-corrected chi connectivity index (χ2v) is 4.85. The zero-order chi connectivity index (χ0) is 14.9. The van der Waals surface area contributed by atoms with Crippen LogP contribution in [0.15, 0.2) is 24.3 Å². The molecule has 0 amide bonds. The topological polar surface area (TPSA) is 65.1 Å². The van der Waals surface area contributed by atoms with Gasteiger partial charge in [-0.25, -0.2) is 0 Å². The summed E-state index contributed by atoms with van der Waals surface area (Å²) in [6.45, 7) is 6.08. The van der Waals surface area contributed by atoms with Crippen molar-refractivity contribution in [2.75, 3.05) is 0 Å². The highest BCUT2D eigenvalue weighted by molar-refractivity contribution is 5.77. The minimum Gasteiger partial charge on any atom is -0.344 e. The lowest BCUT2D eigenvalue weighted by Crippen LogP contribution is -2.06. The quantitative estimate of drug-likeness (QED) is 0.487. The van der Waals surface area contributed by atoms with Crippen LogP contribution in [0.4, 0.5) is 5.69 Å². The highest BCUT2D eigenvalue weighted by atomic mass is 16.6. The number of carbonyl (C=O) groups is 1. The molecule has 0 fully saturated rings. The number of nitro groups is 1. The van der Waals surface area contributed by atoms with Crippen LogP contribution in [0, 0.1) is 30.9 Å². The first-order valence-electron chi connectivity index (χ1n) is 6.30. The van der Waals surface area contributed by atoms with E-state index in [1.807, 2.05) is 30.5 Å². The van der Waals surface area contributed by atoms with Gasteiger partial charge in [0, 0.05) is 35.1 Å². The van der Waals surface area contributed by atoms with Crippen molar-refractivity contribution in [3.8, 4) is 0 Å². The predicted octanol–water partition coefficient (Wildman–Crippen LogP) is 3.18. The summed E-state index contributed by atoms with van der Waals surface area (Å²) in [6.07, 6.45) is 0.832. The van der Waals surface area contributed by atoms with Crippen LogP contribution >= 0.6 is 0 Å². The van der Waals surface area contributed by atoms with Crippen LogP contribution in [0.1, 0.15) is 32.9 Å². The Morgan fingerprint density at radius 2 is 2.00 bits per heavy atom. The van der Waals surface area contributed by atoms with Gasteiger partial charge in [-0.15, -0.1) is 0 Å². The summed E-state index contributed by atoms with van der Waals surface area (Å²) in [5.41, 5.74) is 4.18. The van der Waals surface area contributed by atoms with Gasteiger partial charge in [-0.2, -0.15) is 0 Å². The Labute approximate surface area is 117 Å². The van der Waals surface area contributed by atoms with Crippen molar-refractivity contribution >= 4 is 12.0 Å². The van der Waals surface area contributed by atoms with Crippen molar-refractivity contribution in [3.63, 3.8) is 0 Å². The number of nitrogens with zero attached hydrogens (tertiary/aromatic N) is 2. The number of aryl methyl sites for hydroxylation is 1. The summed E-state index contributed by atoms with van der Waals surface area (Å²) in [5.74, 6) is 0. The van der Waals surface area contributed by atoms with Crippen molar-refractivity contribution in [2.45, 2.75) is 27.3 Å². The van der Waals surface area contributed by atoms with Crippen LogP contribution in [0.25, 0.3) is 0 Å². The van der Waals surface area contributed by atoms with Gasteiger partial charge < -0.3 is 4.57 Å². The van der Waals surface area contributed by atoms with E-state index in [1.54, 1.807) is 13.0 Å². The zero-order valence-electron chi connectivity index (χ0n) is 11.7. The minimum absolute atomic E-state index is 0.126. The average Bonchev–Trinajstić information content (AvgIpc) is 2.68. The molecule has 0 spiro atoms. The molecule has 1 heterocycles. The Hall–Kier alpha value is -2.43. The third-order valence-electron chi connectivity index (χ3n) is 3.68. The second kappa shape index (κ2) is 5.28. The van der Waals surface area contributed by atoms with Crippen molar-refractivity contribution < 1.29 is 9.72 Å². The summed E-state index contributed by atoms with van der Waals surface area (Å²) < 4.78 is 2.00. The van der Waals surface area contributed by atoms with E-state index in [2.05, 4.69) is 0 Å². The number of hydrogen-bond acceptors (Lipinski definition) is 3. The van der Waals surface area contributed by atoms with E-state index in [4.69, 9.17) is 0 Å². The molecule has 0 aliphatic carbocycles. The first kappa shape index (κ1) is 14.0. The van der Waals surface area contributed by atoms with Crippen LogP contribution in [0.2, 0.25) is 0 Å². The van der Waals surface area contributed by atoms with Gasteiger partial charge >= 0.3 is 0 Å². The Bertz CT molecular complexity index is 687. The maximum absolute atomic E-state index is 11.0. The van der Waals surface area contributed by atoms with Crippen LogP contribution in [-0.2, 0) is 6.54 Å². The third-order valence-corrected chi connectivity index (χ3v) is 3.68. The van der Waals surface area contributed by atoms with Gasteiger partial charge in [-0.1, -0.05) is 12.1 Å². The number of rotatable bonds is 4. The van der Waals surface area contributed by atoms with Crippen molar-refractivity contribution in [3.05, 3.63) is 62.5 Å². The summed E-state index contributed by atoms with van der Waals surface area (Å²) in [7, 11) is 0. The molecule has 104 valence electrons. The smallest absolute Gasteiger partial charge is 0.272 e. The molecular weight excluding hydrogens is 256 g/mol. The molecule has 2 aromatic rings. The predicted molar refractivity (Wildman–Crippen MR) is 76.2 cm³/mol. The molecule has 20 heavy (non-hydrogen) atoms. The molecule has 0 unspecified atom stereocenters. The molecule has 0 saturated heterocycles. The van der Waals surface area contributed by atoms with Gasteiger partial charge in [-0.3, -0.25) is 14.9 Å². The number of benzene rings is 1. The van der Waals surface area contributed by atoms with Crippen LogP contribution in [0.3, 0.4) is 0 Å². The zero-order valence-corrected chi connectivity index (χ0v) is 11.7. The van der Waals surface area contributed by atoms with Crippen LogP contribution in [0.5, 0.6) is 0 Å². The molecule has 0 bridgehead atoms. The molecule has 5 nitrogen and oxygen atoms in total. The van der Waals surface area contributed by atoms with E-state index in [0.29, 0.717) is 17.7 Å². The van der Waals surface area contributed by atoms with Gasteiger partial charge in [0.2, 0.25) is 0 Å². The molecule has 0 atom stereocenters. The number of hydrogen-bond donors (Lipinski definition) is 0. The lowest BCUT2D eigenvalue weighted by atomic mass is 10.1. The lowest BCUT2D eigenvalue weighted by molar-refractivity contribution is -0.385. The fourth-order valence-corrected chi connectivity index (χ4v) is 2.40. The Balaban J connectivity index is 2.45. The largest absolute Gasteiger partial charge is 0.344 e. The lowest BCUT2D eigenvalue weighted by Gasteiger charge is -2.12. The van der Waals surface area contributed by atoms with Crippen molar-refractivity contribution in [1.82, 2.24) is 4.57 Å². The van der Waals surface area contributed by atoms with Gasteiger partial charge in [0.1, 0.15) is 0 Å². The van der Waals surface area contributed by atoms with Crippen molar-refractivity contribution in [1.29, 1.82) is 0 Å².